The number of aromatic nitrogens is 1. The Bertz CT molecular complexity index is 450. The second kappa shape index (κ2) is 7.18. The Kier molecular flexibility index (Phi) is 5.27. The van der Waals surface area contributed by atoms with Crippen molar-refractivity contribution in [1.29, 1.82) is 0 Å². The van der Waals surface area contributed by atoms with Crippen LogP contribution in [0.2, 0.25) is 0 Å². The van der Waals surface area contributed by atoms with Crippen LogP contribution in [0.4, 0.5) is 0 Å². The highest BCUT2D eigenvalue weighted by Crippen LogP contribution is 2.25. The van der Waals surface area contributed by atoms with Crippen LogP contribution < -0.4 is 5.32 Å². The van der Waals surface area contributed by atoms with Crippen LogP contribution >= 0.6 is 11.3 Å². The molecular formula is C16H27N3OS. The van der Waals surface area contributed by atoms with Gasteiger partial charge in [-0.3, -0.25) is 4.90 Å². The van der Waals surface area contributed by atoms with Crippen LogP contribution in [0.25, 0.3) is 0 Å². The second-order valence-electron chi connectivity index (χ2n) is 6.52. The molecular weight excluding hydrogens is 282 g/mol. The molecule has 118 valence electrons. The average Bonchev–Trinajstić information content (AvgIpc) is 3.23. The first kappa shape index (κ1) is 15.4. The predicted molar refractivity (Wildman–Crippen MR) is 86.4 cm³/mol. The summed E-state index contributed by atoms with van der Waals surface area (Å²) >= 11 is 1.87. The van der Waals surface area contributed by atoms with Crippen molar-refractivity contribution in [3.05, 3.63) is 15.6 Å². The minimum absolute atomic E-state index is 0.634. The highest BCUT2D eigenvalue weighted by molar-refractivity contribution is 7.11. The quantitative estimate of drug-likeness (QED) is 0.840. The number of nitrogens with one attached hydrogen (secondary N) is 1. The number of hydrogen-bond donors (Lipinski definition) is 1. The van der Waals surface area contributed by atoms with Crippen LogP contribution in [0.3, 0.4) is 0 Å². The van der Waals surface area contributed by atoms with E-state index in [1.165, 1.54) is 48.7 Å². The third-order valence-electron chi connectivity index (χ3n) is 4.47. The van der Waals surface area contributed by atoms with E-state index in [4.69, 9.17) is 9.72 Å². The van der Waals surface area contributed by atoms with Gasteiger partial charge in [0.25, 0.3) is 0 Å². The zero-order valence-electron chi connectivity index (χ0n) is 13.2. The molecule has 0 spiro atoms. The lowest BCUT2D eigenvalue weighted by molar-refractivity contribution is 0.177. The number of rotatable bonds is 7. The van der Waals surface area contributed by atoms with Crippen molar-refractivity contribution < 1.29 is 4.74 Å². The van der Waals surface area contributed by atoms with Crippen LogP contribution in [0.5, 0.6) is 0 Å². The summed E-state index contributed by atoms with van der Waals surface area (Å²) in [6.45, 7) is 7.40. The molecule has 21 heavy (non-hydrogen) atoms. The second-order valence-corrected chi connectivity index (χ2v) is 7.69. The molecule has 0 aromatic carbocycles. The molecule has 2 heterocycles. The monoisotopic (exact) mass is 309 g/mol. The Morgan fingerprint density at radius 2 is 2.05 bits per heavy atom. The molecule has 2 fully saturated rings. The summed E-state index contributed by atoms with van der Waals surface area (Å²) in [6, 6.07) is 0.745. The molecule has 1 aliphatic heterocycles. The summed E-state index contributed by atoms with van der Waals surface area (Å²) in [7, 11) is 1.75. The van der Waals surface area contributed by atoms with E-state index in [-0.39, 0.29) is 0 Å². The fourth-order valence-electron chi connectivity index (χ4n) is 2.83. The Morgan fingerprint density at radius 3 is 2.71 bits per heavy atom. The van der Waals surface area contributed by atoms with Crippen LogP contribution in [-0.4, -0.2) is 36.1 Å². The Labute approximate surface area is 131 Å². The van der Waals surface area contributed by atoms with Gasteiger partial charge in [0, 0.05) is 24.6 Å². The molecule has 1 saturated carbocycles. The summed E-state index contributed by atoms with van der Waals surface area (Å²) in [6.07, 6.45) is 5.31. The first-order chi connectivity index (χ1) is 10.2. The summed E-state index contributed by atoms with van der Waals surface area (Å²) in [5.74, 6) is 0.889. The predicted octanol–water partition coefficient (Wildman–Crippen LogP) is 2.77. The molecule has 0 radical (unpaired) electrons. The number of piperidine rings is 1. The highest BCUT2D eigenvalue weighted by Gasteiger charge is 2.22. The van der Waals surface area contributed by atoms with E-state index in [0.29, 0.717) is 6.61 Å². The standard InChI is InChI=1S/C16H27N3OS/c1-12-5-7-19(8-6-12)10-16-18-14(11-20-2)15(21-16)9-17-13-3-4-13/h12-13,17H,3-11H2,1-2H3. The van der Waals surface area contributed by atoms with Gasteiger partial charge in [-0.15, -0.1) is 11.3 Å². The van der Waals surface area contributed by atoms with Crippen molar-refractivity contribution in [1.82, 2.24) is 15.2 Å². The fourth-order valence-corrected chi connectivity index (χ4v) is 3.89. The average molecular weight is 309 g/mol. The molecule has 3 rings (SSSR count). The molecule has 0 bridgehead atoms. The van der Waals surface area contributed by atoms with Gasteiger partial charge < -0.3 is 10.1 Å². The summed E-state index contributed by atoms with van der Waals surface area (Å²) < 4.78 is 5.31. The maximum absolute atomic E-state index is 5.31. The molecule has 2 aliphatic rings. The molecule has 0 atom stereocenters. The van der Waals surface area contributed by atoms with Gasteiger partial charge in [0.15, 0.2) is 0 Å². The van der Waals surface area contributed by atoms with Gasteiger partial charge in [-0.2, -0.15) is 0 Å². The van der Waals surface area contributed by atoms with Gasteiger partial charge in [0.1, 0.15) is 5.01 Å². The van der Waals surface area contributed by atoms with Crippen molar-refractivity contribution in [2.24, 2.45) is 5.92 Å². The molecule has 1 aromatic rings. The molecule has 1 aromatic heterocycles. The Morgan fingerprint density at radius 1 is 1.29 bits per heavy atom. The van der Waals surface area contributed by atoms with Crippen molar-refractivity contribution in [2.45, 2.75) is 58.3 Å². The molecule has 0 unspecified atom stereocenters. The molecule has 1 N–H and O–H groups in total. The highest BCUT2D eigenvalue weighted by atomic mass is 32.1. The fraction of sp³-hybridized carbons (Fsp3) is 0.812. The lowest BCUT2D eigenvalue weighted by atomic mass is 9.99. The lowest BCUT2D eigenvalue weighted by Crippen LogP contribution is -2.32. The Hall–Kier alpha value is -0.490. The topological polar surface area (TPSA) is 37.4 Å². The third kappa shape index (κ3) is 4.49. The SMILES string of the molecule is COCc1nc(CN2CCC(C)CC2)sc1CNC1CC1. The maximum Gasteiger partial charge on any atom is 0.107 e. The normalized spacial score (nSPS) is 21.0. The van der Waals surface area contributed by atoms with E-state index in [2.05, 4.69) is 17.1 Å². The van der Waals surface area contributed by atoms with Crippen molar-refractivity contribution in [2.75, 3.05) is 20.2 Å². The molecule has 1 saturated heterocycles. The number of nitrogens with zero attached hydrogens (tertiary/aromatic N) is 2. The summed E-state index contributed by atoms with van der Waals surface area (Å²) in [5, 5.41) is 4.85. The van der Waals surface area contributed by atoms with Gasteiger partial charge >= 0.3 is 0 Å². The van der Waals surface area contributed by atoms with Crippen LogP contribution in [0.1, 0.15) is 48.2 Å². The van der Waals surface area contributed by atoms with E-state index >= 15 is 0 Å². The molecule has 5 heteroatoms. The van der Waals surface area contributed by atoms with Crippen LogP contribution in [0, 0.1) is 5.92 Å². The first-order valence-electron chi connectivity index (χ1n) is 8.16. The van der Waals surface area contributed by atoms with Gasteiger partial charge in [0.05, 0.1) is 18.8 Å². The summed E-state index contributed by atoms with van der Waals surface area (Å²) in [4.78, 5) is 8.74. The van der Waals surface area contributed by atoms with Gasteiger partial charge in [-0.05, 0) is 44.7 Å². The third-order valence-corrected chi connectivity index (χ3v) is 5.55. The zero-order valence-corrected chi connectivity index (χ0v) is 14.0. The Balaban J connectivity index is 1.59. The minimum atomic E-state index is 0.634. The molecule has 0 amide bonds. The van der Waals surface area contributed by atoms with Gasteiger partial charge in [-0.25, -0.2) is 4.98 Å². The van der Waals surface area contributed by atoms with Crippen molar-refractivity contribution in [3.63, 3.8) is 0 Å². The smallest absolute Gasteiger partial charge is 0.107 e. The van der Waals surface area contributed by atoms with E-state index in [1.54, 1.807) is 7.11 Å². The van der Waals surface area contributed by atoms with Crippen molar-refractivity contribution in [3.8, 4) is 0 Å². The van der Waals surface area contributed by atoms with E-state index in [0.717, 1.165) is 30.7 Å². The van der Waals surface area contributed by atoms with Gasteiger partial charge in [0.2, 0.25) is 0 Å². The molecule has 4 nitrogen and oxygen atoms in total. The number of likely N-dealkylation sites (tertiary alicyclic amines) is 1. The summed E-state index contributed by atoms with van der Waals surface area (Å²) in [5.41, 5.74) is 1.14. The molecule has 1 aliphatic carbocycles. The van der Waals surface area contributed by atoms with E-state index in [9.17, 15) is 0 Å². The number of ether oxygens (including phenoxy) is 1. The van der Waals surface area contributed by atoms with Crippen molar-refractivity contribution >= 4 is 11.3 Å². The largest absolute Gasteiger partial charge is 0.378 e. The maximum atomic E-state index is 5.31. The number of thiazole rings is 1. The minimum Gasteiger partial charge on any atom is -0.378 e. The van der Waals surface area contributed by atoms with Gasteiger partial charge in [-0.1, -0.05) is 6.92 Å². The lowest BCUT2D eigenvalue weighted by Gasteiger charge is -2.29. The van der Waals surface area contributed by atoms with E-state index < -0.39 is 0 Å². The first-order valence-corrected chi connectivity index (χ1v) is 8.98. The van der Waals surface area contributed by atoms with Crippen LogP contribution in [0.15, 0.2) is 0 Å². The number of methoxy groups -OCH3 is 1. The van der Waals surface area contributed by atoms with E-state index in [1.807, 2.05) is 11.3 Å². The number of hydrogen-bond acceptors (Lipinski definition) is 5. The van der Waals surface area contributed by atoms with Crippen LogP contribution in [-0.2, 0) is 24.4 Å². The zero-order chi connectivity index (χ0) is 14.7.